The molecule has 18 heavy (non-hydrogen) atoms. The van der Waals surface area contributed by atoms with E-state index in [9.17, 15) is 5.11 Å². The molecule has 1 aromatic heterocycles. The Hall–Kier alpha value is -1.40. The summed E-state index contributed by atoms with van der Waals surface area (Å²) in [6, 6.07) is 0. The van der Waals surface area contributed by atoms with Gasteiger partial charge in [-0.1, -0.05) is 13.3 Å². The molecule has 0 saturated heterocycles. The number of anilines is 2. The lowest BCUT2D eigenvalue weighted by Crippen LogP contribution is -2.37. The molecular formula is C12H23N5O. The van der Waals surface area contributed by atoms with Crippen molar-refractivity contribution in [3.05, 3.63) is 11.9 Å². The monoisotopic (exact) mass is 253 g/mol. The highest BCUT2D eigenvalue weighted by Crippen LogP contribution is 2.24. The minimum atomic E-state index is -0.778. The van der Waals surface area contributed by atoms with Gasteiger partial charge in [-0.25, -0.2) is 15.8 Å². The molecule has 0 spiro atoms. The third kappa shape index (κ3) is 3.82. The number of hydrogen-bond acceptors (Lipinski definition) is 6. The molecule has 0 aliphatic rings. The molecule has 1 rings (SSSR count). The Morgan fingerprint density at radius 3 is 2.61 bits per heavy atom. The highest BCUT2D eigenvalue weighted by atomic mass is 16.3. The number of aliphatic hydroxyl groups is 1. The number of nitrogen functional groups attached to an aromatic ring is 1. The Morgan fingerprint density at radius 2 is 2.11 bits per heavy atom. The number of aromatic nitrogens is 2. The van der Waals surface area contributed by atoms with Gasteiger partial charge in [-0.15, -0.1) is 0 Å². The van der Waals surface area contributed by atoms with Crippen molar-refractivity contribution in [2.24, 2.45) is 5.84 Å². The summed E-state index contributed by atoms with van der Waals surface area (Å²) in [5, 5.41) is 9.87. The van der Waals surface area contributed by atoms with Crippen LogP contribution in [0.1, 0.15) is 32.8 Å². The third-order valence-electron chi connectivity index (χ3n) is 2.55. The van der Waals surface area contributed by atoms with E-state index in [0.29, 0.717) is 12.4 Å². The largest absolute Gasteiger partial charge is 0.389 e. The molecule has 6 nitrogen and oxygen atoms in total. The van der Waals surface area contributed by atoms with Gasteiger partial charge in [0.1, 0.15) is 18.0 Å². The fraction of sp³-hybridized carbons (Fsp3) is 0.667. The zero-order valence-corrected chi connectivity index (χ0v) is 11.6. The number of nitrogens with two attached hydrogens (primary N) is 1. The summed E-state index contributed by atoms with van der Waals surface area (Å²) >= 11 is 0. The van der Waals surface area contributed by atoms with Gasteiger partial charge in [-0.3, -0.25) is 0 Å². The molecule has 1 heterocycles. The first-order valence-corrected chi connectivity index (χ1v) is 6.13. The van der Waals surface area contributed by atoms with E-state index in [2.05, 4.69) is 22.3 Å². The predicted octanol–water partition coefficient (Wildman–Crippen LogP) is 0.922. The molecule has 0 bridgehead atoms. The van der Waals surface area contributed by atoms with Gasteiger partial charge in [0.2, 0.25) is 0 Å². The fourth-order valence-electron chi connectivity index (χ4n) is 1.99. The molecule has 0 aliphatic carbocycles. The van der Waals surface area contributed by atoms with Gasteiger partial charge in [0.25, 0.3) is 0 Å². The van der Waals surface area contributed by atoms with E-state index in [0.717, 1.165) is 24.2 Å². The average Bonchev–Trinajstić information content (AvgIpc) is 2.27. The molecular weight excluding hydrogens is 230 g/mol. The van der Waals surface area contributed by atoms with E-state index in [1.807, 2.05) is 11.9 Å². The van der Waals surface area contributed by atoms with Gasteiger partial charge < -0.3 is 15.4 Å². The number of nitrogens with one attached hydrogen (secondary N) is 1. The van der Waals surface area contributed by atoms with Gasteiger partial charge >= 0.3 is 0 Å². The molecule has 0 atom stereocenters. The summed E-state index contributed by atoms with van der Waals surface area (Å²) in [6.45, 7) is 6.12. The minimum Gasteiger partial charge on any atom is -0.389 e. The van der Waals surface area contributed by atoms with Crippen LogP contribution in [0.25, 0.3) is 0 Å². The Labute approximate surface area is 108 Å². The van der Waals surface area contributed by atoms with Gasteiger partial charge in [-0.2, -0.15) is 0 Å². The van der Waals surface area contributed by atoms with Crippen molar-refractivity contribution >= 4 is 11.6 Å². The molecule has 0 unspecified atom stereocenters. The lowest BCUT2D eigenvalue weighted by atomic mass is 10.1. The molecule has 0 radical (unpaired) electrons. The second kappa shape index (κ2) is 5.97. The van der Waals surface area contributed by atoms with Crippen molar-refractivity contribution in [2.45, 2.75) is 39.2 Å². The first-order valence-electron chi connectivity index (χ1n) is 6.13. The molecule has 102 valence electrons. The van der Waals surface area contributed by atoms with Crippen LogP contribution in [0, 0.1) is 0 Å². The smallest absolute Gasteiger partial charge is 0.148 e. The van der Waals surface area contributed by atoms with Gasteiger partial charge in [0.05, 0.1) is 5.60 Å². The standard InChI is InChI=1S/C12H23N5O/c1-5-6-9-10(16-13)14-8-15-11(9)17(4)7-12(2,3)18/h8,18H,5-7,13H2,1-4H3,(H,14,15,16). The third-order valence-corrected chi connectivity index (χ3v) is 2.55. The van der Waals surface area contributed by atoms with Crippen molar-refractivity contribution < 1.29 is 5.11 Å². The summed E-state index contributed by atoms with van der Waals surface area (Å²) in [5.41, 5.74) is 2.80. The van der Waals surface area contributed by atoms with Crippen molar-refractivity contribution in [2.75, 3.05) is 23.9 Å². The van der Waals surface area contributed by atoms with Crippen LogP contribution < -0.4 is 16.2 Å². The second-order valence-electron chi connectivity index (χ2n) is 5.09. The van der Waals surface area contributed by atoms with Crippen molar-refractivity contribution in [1.29, 1.82) is 0 Å². The van der Waals surface area contributed by atoms with Crippen LogP contribution in [0.15, 0.2) is 6.33 Å². The lowest BCUT2D eigenvalue weighted by molar-refractivity contribution is 0.0884. The van der Waals surface area contributed by atoms with E-state index < -0.39 is 5.60 Å². The molecule has 0 aliphatic heterocycles. The maximum Gasteiger partial charge on any atom is 0.148 e. The predicted molar refractivity (Wildman–Crippen MR) is 73.4 cm³/mol. The Bertz CT molecular complexity index is 389. The van der Waals surface area contributed by atoms with Crippen LogP contribution in [-0.4, -0.2) is 34.3 Å². The van der Waals surface area contributed by atoms with Crippen LogP contribution in [0.3, 0.4) is 0 Å². The van der Waals surface area contributed by atoms with Crippen LogP contribution in [0.4, 0.5) is 11.6 Å². The summed E-state index contributed by atoms with van der Waals surface area (Å²) in [5.74, 6) is 6.92. The van der Waals surface area contributed by atoms with E-state index in [1.54, 1.807) is 13.8 Å². The molecule has 0 aromatic carbocycles. The molecule has 0 saturated carbocycles. The maximum atomic E-state index is 9.87. The van der Waals surface area contributed by atoms with E-state index in [4.69, 9.17) is 5.84 Å². The molecule has 4 N–H and O–H groups in total. The van der Waals surface area contributed by atoms with Gasteiger partial charge in [0, 0.05) is 19.2 Å². The number of hydrogen-bond donors (Lipinski definition) is 3. The molecule has 6 heteroatoms. The first-order chi connectivity index (χ1) is 8.39. The molecule has 1 aromatic rings. The molecule has 0 fully saturated rings. The Kier molecular flexibility index (Phi) is 4.86. The Morgan fingerprint density at radius 1 is 1.44 bits per heavy atom. The quantitative estimate of drug-likeness (QED) is 0.516. The Balaban J connectivity index is 3.06. The lowest BCUT2D eigenvalue weighted by Gasteiger charge is -2.28. The van der Waals surface area contributed by atoms with Crippen molar-refractivity contribution in [1.82, 2.24) is 9.97 Å². The highest BCUT2D eigenvalue weighted by molar-refractivity contribution is 5.58. The van der Waals surface area contributed by atoms with Gasteiger partial charge in [-0.05, 0) is 20.3 Å². The van der Waals surface area contributed by atoms with Crippen LogP contribution in [0.2, 0.25) is 0 Å². The van der Waals surface area contributed by atoms with E-state index in [1.165, 1.54) is 6.33 Å². The summed E-state index contributed by atoms with van der Waals surface area (Å²) in [7, 11) is 1.90. The minimum absolute atomic E-state index is 0.491. The van der Waals surface area contributed by atoms with Crippen molar-refractivity contribution in [3.63, 3.8) is 0 Å². The summed E-state index contributed by atoms with van der Waals surface area (Å²) < 4.78 is 0. The van der Waals surface area contributed by atoms with Gasteiger partial charge in [0.15, 0.2) is 0 Å². The average molecular weight is 253 g/mol. The van der Waals surface area contributed by atoms with Crippen LogP contribution in [0.5, 0.6) is 0 Å². The molecule has 0 amide bonds. The van der Waals surface area contributed by atoms with Crippen LogP contribution >= 0.6 is 0 Å². The number of nitrogens with zero attached hydrogens (tertiary/aromatic N) is 3. The van der Waals surface area contributed by atoms with Crippen LogP contribution in [-0.2, 0) is 6.42 Å². The van der Waals surface area contributed by atoms with Crippen molar-refractivity contribution in [3.8, 4) is 0 Å². The SMILES string of the molecule is CCCc1c(NN)ncnc1N(C)CC(C)(C)O. The topological polar surface area (TPSA) is 87.3 Å². The van der Waals surface area contributed by atoms with E-state index >= 15 is 0 Å². The number of likely N-dealkylation sites (N-methyl/N-ethyl adjacent to an activating group) is 1. The first kappa shape index (κ1) is 14.7. The number of rotatable bonds is 6. The normalized spacial score (nSPS) is 11.4. The maximum absolute atomic E-state index is 9.87. The second-order valence-corrected chi connectivity index (χ2v) is 5.09. The summed E-state index contributed by atoms with van der Waals surface area (Å²) in [6.07, 6.45) is 3.29. The fourth-order valence-corrected chi connectivity index (χ4v) is 1.99. The zero-order valence-electron chi connectivity index (χ0n) is 11.6. The highest BCUT2D eigenvalue weighted by Gasteiger charge is 2.20. The zero-order chi connectivity index (χ0) is 13.8. The van der Waals surface area contributed by atoms with E-state index in [-0.39, 0.29) is 0 Å². The number of hydrazine groups is 1. The summed E-state index contributed by atoms with van der Waals surface area (Å²) in [4.78, 5) is 10.3.